The van der Waals surface area contributed by atoms with Gasteiger partial charge in [0.1, 0.15) is 20.1 Å². The fourth-order valence-electron chi connectivity index (χ4n) is 8.31. The summed E-state index contributed by atoms with van der Waals surface area (Å²) in [5.41, 5.74) is 10.3. The van der Waals surface area contributed by atoms with Crippen molar-refractivity contribution >= 4 is 50.1 Å². The maximum atomic E-state index is 18.2. The first-order valence-electron chi connectivity index (χ1n) is 20.8. The fourth-order valence-corrected chi connectivity index (χ4v) is 10.7. The number of aromatic nitrogens is 1. The van der Waals surface area contributed by atoms with E-state index < -0.39 is 5.15 Å². The van der Waals surface area contributed by atoms with E-state index >= 15 is 8.96 Å². The Morgan fingerprint density at radius 2 is 0.917 bits per heavy atom. The molecule has 7 aromatic rings. The Balaban J connectivity index is 1.31. The van der Waals surface area contributed by atoms with E-state index in [1.807, 2.05) is 12.1 Å². The Morgan fingerprint density at radius 3 is 1.35 bits per heavy atom. The van der Waals surface area contributed by atoms with Crippen LogP contribution in [0.15, 0.2) is 114 Å². The van der Waals surface area contributed by atoms with Gasteiger partial charge in [0, 0.05) is 15.8 Å². The monoisotopic (exact) mass is 836 g/mol. The molecule has 5 heterocycles. The van der Waals surface area contributed by atoms with Crippen LogP contribution in [0.3, 0.4) is 0 Å². The zero-order chi connectivity index (χ0) is 42.9. The zero-order valence-electron chi connectivity index (χ0n) is 36.8. The molecule has 60 heavy (non-hydrogen) atoms. The van der Waals surface area contributed by atoms with Gasteiger partial charge in [-0.05, 0) is 81.9 Å². The highest BCUT2D eigenvalue weighted by molar-refractivity contribution is 7.22. The second-order valence-electron chi connectivity index (χ2n) is 20.5. The molecule has 3 aromatic heterocycles. The topological polar surface area (TPSA) is 20.3 Å². The van der Waals surface area contributed by atoms with Crippen molar-refractivity contribution < 1.29 is 8.96 Å². The Bertz CT molecular complexity index is 2990. The van der Waals surface area contributed by atoms with Crippen LogP contribution >= 0.6 is 22.7 Å². The highest BCUT2D eigenvalue weighted by atomic mass is 32.1. The lowest BCUT2D eigenvalue weighted by atomic mass is 9.86. The van der Waals surface area contributed by atoms with Crippen LogP contribution in [0.5, 0.6) is 0 Å². The Morgan fingerprint density at radius 1 is 0.517 bits per heavy atom. The molecule has 0 N–H and O–H groups in total. The Kier molecular flexibility index (Phi) is 9.08. The van der Waals surface area contributed by atoms with Gasteiger partial charge in [0.25, 0.3) is 0 Å². The molecular formula is C52H54F2N4S2+2. The van der Waals surface area contributed by atoms with Crippen LogP contribution in [0.2, 0.25) is 0 Å². The summed E-state index contributed by atoms with van der Waals surface area (Å²) in [7, 11) is 0. The molecular weight excluding hydrogens is 783 g/mol. The van der Waals surface area contributed by atoms with Gasteiger partial charge in [0.15, 0.2) is 0 Å². The van der Waals surface area contributed by atoms with Crippen LogP contribution in [0.4, 0.5) is 14.8 Å². The van der Waals surface area contributed by atoms with Gasteiger partial charge in [-0.3, -0.25) is 0 Å². The van der Waals surface area contributed by atoms with Gasteiger partial charge in [0.2, 0.25) is 5.36 Å². The average molecular weight is 837 g/mol. The lowest BCUT2D eigenvalue weighted by molar-refractivity contribution is -0.273. The van der Waals surface area contributed by atoms with Gasteiger partial charge in [-0.1, -0.05) is 180 Å². The number of halogens is 2. The summed E-state index contributed by atoms with van der Waals surface area (Å²) < 4.78 is 40.2. The molecule has 0 fully saturated rings. The lowest BCUT2D eigenvalue weighted by Gasteiger charge is -2.20. The maximum absolute atomic E-state index is 18.2. The molecule has 0 bridgehead atoms. The van der Waals surface area contributed by atoms with Crippen LogP contribution in [0.1, 0.15) is 111 Å². The quantitative estimate of drug-likeness (QED) is 0.124. The van der Waals surface area contributed by atoms with Crippen molar-refractivity contribution in [3.8, 4) is 32.0 Å². The highest BCUT2D eigenvalue weighted by Crippen LogP contribution is 2.50. The van der Waals surface area contributed by atoms with Crippen molar-refractivity contribution in [2.75, 3.05) is 0 Å². The van der Waals surface area contributed by atoms with E-state index in [0.29, 0.717) is 10.9 Å². The molecule has 4 nitrogen and oxygen atoms in total. The van der Waals surface area contributed by atoms with E-state index in [9.17, 15) is 0 Å². The standard InChI is InChI=1S/C52H54F2N4S2/c1-49(2,3)35-21-13-31(14-22-35)41-29-39-45(59-41)43(33-17-25-37(26-18-33)51(7,8)9)47-55-48-44(34-19-27-38(28-20-34)52(10,11)12)46-40(57(48)58(53,54)56(39)47)30-42(60-46)32-15-23-36(24-16-32)50(4,5)6/h13-30H,1-12H3/q+2. The summed E-state index contributed by atoms with van der Waals surface area (Å²) >= 11 is 3.10. The minimum atomic E-state index is -2.56. The smallest absolute Gasteiger partial charge is 0.132 e. The summed E-state index contributed by atoms with van der Waals surface area (Å²) in [6.45, 7) is 26.3. The number of hydrogen-bond acceptors (Lipinski definition) is 3. The molecule has 8 heteroatoms. The first-order valence-corrected chi connectivity index (χ1v) is 22.5. The number of amidine groups is 1. The molecule has 4 aromatic carbocycles. The maximum Gasteiger partial charge on any atom is 0.395 e. The number of quaternary nitrogens is 1. The number of thiophene rings is 2. The van der Waals surface area contributed by atoms with Crippen molar-refractivity contribution in [1.82, 2.24) is 14.5 Å². The zero-order valence-corrected chi connectivity index (χ0v) is 38.4. The lowest BCUT2D eigenvalue weighted by Crippen LogP contribution is -2.61. The third kappa shape index (κ3) is 6.63. The number of aliphatic imine (C=N–C) groups is 1. The summed E-state index contributed by atoms with van der Waals surface area (Å²) in [5, 5.41) is -2.11. The van der Waals surface area contributed by atoms with Crippen LogP contribution in [-0.2, 0) is 21.7 Å². The SMILES string of the molecule is CC(C)(C)c1ccc(C2=c3sc(-c4ccc(C(C)(C)C)cc4)cc3=[N+]3C2=Nc2c(-c4ccc(C(C)(C)C)cc4)c4sc(-c5ccc(C(C)(C)C)cc5)cc4n2[N+]3(F)F)cc1. The van der Waals surface area contributed by atoms with E-state index in [4.69, 9.17) is 4.99 Å². The molecule has 306 valence electrons. The molecule has 0 saturated heterocycles. The first kappa shape index (κ1) is 40.4. The number of rotatable bonds is 4. The second kappa shape index (κ2) is 13.5. The van der Waals surface area contributed by atoms with E-state index in [2.05, 4.69) is 180 Å². The van der Waals surface area contributed by atoms with Crippen LogP contribution in [-0.4, -0.2) is 10.5 Å². The number of nitrogens with zero attached hydrogens (tertiary/aromatic N) is 4. The number of fused-ring (bicyclic) bond motifs is 5. The number of benzene rings is 4. The molecule has 0 spiro atoms. The molecule has 0 atom stereocenters. The van der Waals surface area contributed by atoms with Crippen molar-refractivity contribution in [3.63, 3.8) is 0 Å². The average Bonchev–Trinajstić information content (AvgIpc) is 3.92. The van der Waals surface area contributed by atoms with Gasteiger partial charge in [-0.25, -0.2) is 0 Å². The molecule has 9 rings (SSSR count). The third-order valence-corrected chi connectivity index (χ3v) is 14.4. The Hall–Kier alpha value is -5.02. The van der Waals surface area contributed by atoms with Gasteiger partial charge < -0.3 is 0 Å². The molecule has 0 unspecified atom stereocenters. The summed E-state index contributed by atoms with van der Waals surface area (Å²) in [6.07, 6.45) is 0. The van der Waals surface area contributed by atoms with Gasteiger partial charge >= 0.3 is 16.8 Å². The minimum absolute atomic E-state index is 0.000699. The summed E-state index contributed by atoms with van der Waals surface area (Å²) in [6, 6.07) is 37.7. The number of hydrogen-bond donors (Lipinski definition) is 0. The predicted octanol–water partition coefficient (Wildman–Crippen LogP) is 13.5. The predicted molar refractivity (Wildman–Crippen MR) is 252 cm³/mol. The summed E-state index contributed by atoms with van der Waals surface area (Å²) in [4.78, 5) is 7.21. The Labute approximate surface area is 360 Å². The normalized spacial score (nSPS) is 15.3. The van der Waals surface area contributed by atoms with Gasteiger partial charge in [0.05, 0.1) is 19.5 Å². The van der Waals surface area contributed by atoms with E-state index in [0.717, 1.165) is 61.7 Å². The van der Waals surface area contributed by atoms with Crippen molar-refractivity contribution in [3.05, 3.63) is 147 Å². The fraction of sp³-hybridized carbons (Fsp3) is 0.308. The van der Waals surface area contributed by atoms with Crippen LogP contribution in [0.25, 0.3) is 47.8 Å². The molecule has 2 aliphatic heterocycles. The molecule has 0 amide bonds. The van der Waals surface area contributed by atoms with Crippen molar-refractivity contribution in [2.45, 2.75) is 105 Å². The molecule has 0 aliphatic carbocycles. The highest BCUT2D eigenvalue weighted by Gasteiger charge is 2.60. The van der Waals surface area contributed by atoms with Gasteiger partial charge in [-0.15, -0.1) is 22.7 Å². The van der Waals surface area contributed by atoms with E-state index in [1.165, 1.54) is 22.3 Å². The van der Waals surface area contributed by atoms with E-state index in [-0.39, 0.29) is 33.3 Å². The molecule has 0 radical (unpaired) electrons. The minimum Gasteiger partial charge on any atom is -0.132 e. The molecule has 0 saturated carbocycles. The second-order valence-corrected chi connectivity index (χ2v) is 22.7. The van der Waals surface area contributed by atoms with Crippen LogP contribution in [0, 0.1) is 0 Å². The van der Waals surface area contributed by atoms with Gasteiger partial charge in [-0.2, -0.15) is 0 Å². The van der Waals surface area contributed by atoms with E-state index in [1.54, 1.807) is 22.7 Å². The first-order chi connectivity index (χ1) is 28.0. The van der Waals surface area contributed by atoms with Crippen LogP contribution < -0.4 is 19.7 Å². The summed E-state index contributed by atoms with van der Waals surface area (Å²) in [5.74, 6) is 0.505. The van der Waals surface area contributed by atoms with Crippen molar-refractivity contribution in [2.24, 2.45) is 4.99 Å². The van der Waals surface area contributed by atoms with Crippen molar-refractivity contribution in [1.29, 1.82) is 0 Å². The third-order valence-electron chi connectivity index (χ3n) is 12.0. The molecule has 2 aliphatic rings. The largest absolute Gasteiger partial charge is 0.395 e.